The molecule has 1 aliphatic rings. The largest absolute Gasteiger partial charge is 0.342 e. The fourth-order valence-corrected chi connectivity index (χ4v) is 2.30. The second kappa shape index (κ2) is 5.25. The lowest BCUT2D eigenvalue weighted by atomic mass is 10.1. The van der Waals surface area contributed by atoms with E-state index >= 15 is 0 Å². The summed E-state index contributed by atoms with van der Waals surface area (Å²) in [6, 6.07) is 1.96. The van der Waals surface area contributed by atoms with E-state index in [2.05, 4.69) is 9.97 Å². The lowest BCUT2D eigenvalue weighted by molar-refractivity contribution is -0.130. The number of rotatable bonds is 3. The Morgan fingerprint density at radius 3 is 3.12 bits per heavy atom. The number of carbonyl (C=O) groups is 1. The third-order valence-electron chi connectivity index (χ3n) is 3.22. The Kier molecular flexibility index (Phi) is 3.71. The number of hydrogen-bond acceptors (Lipinski definition) is 3. The highest BCUT2D eigenvalue weighted by molar-refractivity contribution is 5.76. The summed E-state index contributed by atoms with van der Waals surface area (Å²) in [7, 11) is 0. The lowest BCUT2D eigenvalue weighted by Gasteiger charge is -2.15. The van der Waals surface area contributed by atoms with Crippen LogP contribution in [0.2, 0.25) is 0 Å². The molecule has 2 heterocycles. The average Bonchev–Trinajstić information content (AvgIpc) is 2.78. The SMILES string of the molecule is CCCC(=O)N1CCC(c2ccnc(C)n2)C1. The van der Waals surface area contributed by atoms with E-state index in [0.29, 0.717) is 12.3 Å². The summed E-state index contributed by atoms with van der Waals surface area (Å²) < 4.78 is 0. The molecular weight excluding hydrogens is 214 g/mol. The fraction of sp³-hybridized carbons (Fsp3) is 0.615. The van der Waals surface area contributed by atoms with Gasteiger partial charge in [0, 0.05) is 37.3 Å². The van der Waals surface area contributed by atoms with Gasteiger partial charge in [0.2, 0.25) is 5.91 Å². The van der Waals surface area contributed by atoms with Crippen molar-refractivity contribution in [3.8, 4) is 0 Å². The van der Waals surface area contributed by atoms with Crippen LogP contribution >= 0.6 is 0 Å². The first-order valence-corrected chi connectivity index (χ1v) is 6.28. The summed E-state index contributed by atoms with van der Waals surface area (Å²) in [6.07, 6.45) is 4.40. The van der Waals surface area contributed by atoms with Crippen LogP contribution in [-0.4, -0.2) is 33.9 Å². The van der Waals surface area contributed by atoms with Gasteiger partial charge in [0.15, 0.2) is 0 Å². The maximum absolute atomic E-state index is 11.8. The highest BCUT2D eigenvalue weighted by Crippen LogP contribution is 2.26. The molecule has 92 valence electrons. The smallest absolute Gasteiger partial charge is 0.222 e. The predicted molar refractivity (Wildman–Crippen MR) is 65.6 cm³/mol. The molecule has 0 saturated carbocycles. The Balaban J connectivity index is 2.00. The fourth-order valence-electron chi connectivity index (χ4n) is 2.30. The van der Waals surface area contributed by atoms with E-state index in [0.717, 1.165) is 37.4 Å². The van der Waals surface area contributed by atoms with Gasteiger partial charge < -0.3 is 4.90 Å². The van der Waals surface area contributed by atoms with Crippen LogP contribution in [0, 0.1) is 6.92 Å². The summed E-state index contributed by atoms with van der Waals surface area (Å²) in [6.45, 7) is 5.62. The Labute approximate surface area is 102 Å². The van der Waals surface area contributed by atoms with Crippen molar-refractivity contribution in [2.75, 3.05) is 13.1 Å². The summed E-state index contributed by atoms with van der Waals surface area (Å²) in [4.78, 5) is 22.3. The van der Waals surface area contributed by atoms with Crippen molar-refractivity contribution in [2.24, 2.45) is 0 Å². The van der Waals surface area contributed by atoms with Crippen molar-refractivity contribution < 1.29 is 4.79 Å². The Hall–Kier alpha value is -1.45. The molecule has 1 aliphatic heterocycles. The van der Waals surface area contributed by atoms with E-state index in [4.69, 9.17) is 0 Å². The predicted octanol–water partition coefficient (Wildman–Crippen LogP) is 1.90. The van der Waals surface area contributed by atoms with Gasteiger partial charge in [0.25, 0.3) is 0 Å². The van der Waals surface area contributed by atoms with E-state index in [1.807, 2.05) is 24.8 Å². The van der Waals surface area contributed by atoms with Gasteiger partial charge in [0.1, 0.15) is 5.82 Å². The van der Waals surface area contributed by atoms with Crippen molar-refractivity contribution in [3.05, 3.63) is 23.8 Å². The van der Waals surface area contributed by atoms with Crippen LogP contribution in [0.1, 0.15) is 43.6 Å². The Morgan fingerprint density at radius 1 is 1.59 bits per heavy atom. The van der Waals surface area contributed by atoms with Gasteiger partial charge >= 0.3 is 0 Å². The summed E-state index contributed by atoms with van der Waals surface area (Å²) >= 11 is 0. The standard InChI is InChI=1S/C13H19N3O/c1-3-4-13(17)16-8-6-11(9-16)12-5-7-14-10(2)15-12/h5,7,11H,3-4,6,8-9H2,1-2H3. The van der Waals surface area contributed by atoms with Crippen LogP contribution in [0.5, 0.6) is 0 Å². The van der Waals surface area contributed by atoms with Crippen LogP contribution in [0.3, 0.4) is 0 Å². The zero-order valence-electron chi connectivity index (χ0n) is 10.5. The van der Waals surface area contributed by atoms with E-state index in [1.54, 1.807) is 6.20 Å². The Morgan fingerprint density at radius 2 is 2.41 bits per heavy atom. The van der Waals surface area contributed by atoms with Crippen molar-refractivity contribution in [2.45, 2.75) is 39.0 Å². The minimum atomic E-state index is 0.278. The number of amides is 1. The molecule has 0 spiro atoms. The van der Waals surface area contributed by atoms with Gasteiger partial charge in [-0.1, -0.05) is 6.92 Å². The molecule has 0 bridgehead atoms. The van der Waals surface area contributed by atoms with E-state index in [-0.39, 0.29) is 5.91 Å². The molecular formula is C13H19N3O. The summed E-state index contributed by atoms with van der Waals surface area (Å²) in [5.74, 6) is 1.47. The van der Waals surface area contributed by atoms with Crippen LogP contribution in [0.4, 0.5) is 0 Å². The number of carbonyl (C=O) groups excluding carboxylic acids is 1. The zero-order valence-corrected chi connectivity index (χ0v) is 10.5. The molecule has 1 aromatic heterocycles. The van der Waals surface area contributed by atoms with Gasteiger partial charge in [-0.3, -0.25) is 4.79 Å². The second-order valence-corrected chi connectivity index (χ2v) is 4.60. The maximum atomic E-state index is 11.8. The van der Waals surface area contributed by atoms with Crippen LogP contribution in [0.25, 0.3) is 0 Å². The highest BCUT2D eigenvalue weighted by Gasteiger charge is 2.27. The average molecular weight is 233 g/mol. The molecule has 0 radical (unpaired) electrons. The molecule has 2 rings (SSSR count). The normalized spacial score (nSPS) is 19.6. The van der Waals surface area contributed by atoms with Crippen LogP contribution in [-0.2, 0) is 4.79 Å². The first-order valence-electron chi connectivity index (χ1n) is 6.28. The molecule has 4 heteroatoms. The van der Waals surface area contributed by atoms with Gasteiger partial charge in [0.05, 0.1) is 0 Å². The molecule has 1 atom stereocenters. The summed E-state index contributed by atoms with van der Waals surface area (Å²) in [5.41, 5.74) is 1.07. The number of aromatic nitrogens is 2. The van der Waals surface area contributed by atoms with Gasteiger partial charge in [-0.15, -0.1) is 0 Å². The molecule has 1 amide bonds. The zero-order chi connectivity index (χ0) is 12.3. The molecule has 17 heavy (non-hydrogen) atoms. The minimum Gasteiger partial charge on any atom is -0.342 e. The first kappa shape index (κ1) is 12.0. The molecule has 1 saturated heterocycles. The van der Waals surface area contributed by atoms with Crippen molar-refractivity contribution >= 4 is 5.91 Å². The molecule has 1 unspecified atom stereocenters. The highest BCUT2D eigenvalue weighted by atomic mass is 16.2. The van der Waals surface area contributed by atoms with E-state index in [9.17, 15) is 4.79 Å². The van der Waals surface area contributed by atoms with Crippen molar-refractivity contribution in [3.63, 3.8) is 0 Å². The third-order valence-corrected chi connectivity index (χ3v) is 3.22. The minimum absolute atomic E-state index is 0.278. The van der Waals surface area contributed by atoms with Gasteiger partial charge in [-0.2, -0.15) is 0 Å². The van der Waals surface area contributed by atoms with Gasteiger partial charge in [-0.25, -0.2) is 9.97 Å². The first-order chi connectivity index (χ1) is 8.20. The topological polar surface area (TPSA) is 46.1 Å². The second-order valence-electron chi connectivity index (χ2n) is 4.60. The van der Waals surface area contributed by atoms with Crippen LogP contribution in [0.15, 0.2) is 12.3 Å². The van der Waals surface area contributed by atoms with E-state index < -0.39 is 0 Å². The molecule has 0 N–H and O–H groups in total. The molecule has 4 nitrogen and oxygen atoms in total. The molecule has 1 aromatic rings. The summed E-state index contributed by atoms with van der Waals surface area (Å²) in [5, 5.41) is 0. The maximum Gasteiger partial charge on any atom is 0.222 e. The Bertz CT molecular complexity index is 405. The van der Waals surface area contributed by atoms with Gasteiger partial charge in [-0.05, 0) is 25.8 Å². The monoisotopic (exact) mass is 233 g/mol. The quantitative estimate of drug-likeness (QED) is 0.801. The van der Waals surface area contributed by atoms with Crippen molar-refractivity contribution in [1.82, 2.24) is 14.9 Å². The number of hydrogen-bond donors (Lipinski definition) is 0. The van der Waals surface area contributed by atoms with E-state index in [1.165, 1.54) is 0 Å². The number of aryl methyl sites for hydroxylation is 1. The lowest BCUT2D eigenvalue weighted by Crippen LogP contribution is -2.28. The third kappa shape index (κ3) is 2.81. The van der Waals surface area contributed by atoms with Crippen molar-refractivity contribution in [1.29, 1.82) is 0 Å². The van der Waals surface area contributed by atoms with Crippen LogP contribution < -0.4 is 0 Å². The number of likely N-dealkylation sites (tertiary alicyclic amines) is 1. The molecule has 0 aromatic carbocycles. The molecule has 0 aliphatic carbocycles. The molecule has 1 fully saturated rings. The number of nitrogens with zero attached hydrogens (tertiary/aromatic N) is 3.